The van der Waals surface area contributed by atoms with E-state index in [1.165, 1.54) is 0 Å². The highest BCUT2D eigenvalue weighted by molar-refractivity contribution is 6.32. The Labute approximate surface area is 188 Å². The van der Waals surface area contributed by atoms with E-state index in [-0.39, 0.29) is 11.6 Å². The summed E-state index contributed by atoms with van der Waals surface area (Å²) in [6, 6.07) is 29.3. The van der Waals surface area contributed by atoms with Crippen molar-refractivity contribution in [1.82, 2.24) is 0 Å². The van der Waals surface area contributed by atoms with Gasteiger partial charge in [0.2, 0.25) is 0 Å². The summed E-state index contributed by atoms with van der Waals surface area (Å²) < 4.78 is 0. The smallest absolute Gasteiger partial charge is 0.195 e. The van der Waals surface area contributed by atoms with Gasteiger partial charge in [0.25, 0.3) is 0 Å². The third kappa shape index (κ3) is 3.29. The molecule has 0 aliphatic heterocycles. The van der Waals surface area contributed by atoms with E-state index in [0.717, 1.165) is 47.1 Å². The molecule has 1 aliphatic rings. The van der Waals surface area contributed by atoms with Crippen molar-refractivity contribution in [3.05, 3.63) is 119 Å². The van der Waals surface area contributed by atoms with E-state index in [1.54, 1.807) is 12.1 Å². The first-order chi connectivity index (χ1) is 15.7. The number of ketones is 2. The van der Waals surface area contributed by atoms with Crippen molar-refractivity contribution in [3.63, 3.8) is 0 Å². The van der Waals surface area contributed by atoms with Gasteiger partial charge in [-0.3, -0.25) is 9.59 Å². The molecule has 0 heterocycles. The van der Waals surface area contributed by atoms with Crippen LogP contribution in [0.3, 0.4) is 0 Å². The zero-order chi connectivity index (χ0) is 22.1. The predicted molar refractivity (Wildman–Crippen MR) is 129 cm³/mol. The van der Waals surface area contributed by atoms with Crippen LogP contribution in [0.5, 0.6) is 0 Å². The first-order valence-corrected chi connectivity index (χ1v) is 11.2. The number of benzene rings is 4. The quantitative estimate of drug-likeness (QED) is 0.305. The summed E-state index contributed by atoms with van der Waals surface area (Å²) in [7, 11) is 0. The van der Waals surface area contributed by atoms with Gasteiger partial charge in [-0.1, -0.05) is 98.3 Å². The lowest BCUT2D eigenvalue weighted by Crippen LogP contribution is -2.23. The fourth-order valence-electron chi connectivity index (χ4n) is 4.69. The molecule has 4 aromatic carbocycles. The maximum atomic E-state index is 13.9. The number of fused-ring (bicyclic) bond motifs is 2. The second kappa shape index (κ2) is 8.39. The van der Waals surface area contributed by atoms with Crippen molar-refractivity contribution in [1.29, 1.82) is 0 Å². The van der Waals surface area contributed by atoms with Crippen LogP contribution in [0.1, 0.15) is 57.2 Å². The molecule has 0 N–H and O–H groups in total. The molecular formula is C30H24O2. The summed E-state index contributed by atoms with van der Waals surface area (Å²) in [6.07, 6.45) is 2.93. The molecule has 0 fully saturated rings. The summed E-state index contributed by atoms with van der Waals surface area (Å²) in [5.41, 5.74) is 6.87. The van der Waals surface area contributed by atoms with E-state index in [1.807, 2.05) is 72.8 Å². The van der Waals surface area contributed by atoms with Gasteiger partial charge in [-0.05, 0) is 46.7 Å². The third-order valence-corrected chi connectivity index (χ3v) is 6.23. The molecule has 0 radical (unpaired) electrons. The van der Waals surface area contributed by atoms with Gasteiger partial charge in [-0.25, -0.2) is 0 Å². The number of hydrogen-bond donors (Lipinski definition) is 0. The van der Waals surface area contributed by atoms with Crippen LogP contribution in [-0.2, 0) is 6.42 Å². The third-order valence-electron chi connectivity index (χ3n) is 6.23. The molecule has 0 saturated carbocycles. The molecule has 0 spiro atoms. The molecule has 0 unspecified atom stereocenters. The normalized spacial score (nSPS) is 12.4. The number of hydrogen-bond acceptors (Lipinski definition) is 2. The zero-order valence-corrected chi connectivity index (χ0v) is 18.1. The Morgan fingerprint density at radius 1 is 0.562 bits per heavy atom. The lowest BCUT2D eigenvalue weighted by atomic mass is 9.75. The summed E-state index contributed by atoms with van der Waals surface area (Å²) >= 11 is 0. The average molecular weight is 417 g/mol. The number of carbonyl (C=O) groups excluding carboxylic acids is 2. The Morgan fingerprint density at radius 2 is 1.09 bits per heavy atom. The Hall–Kier alpha value is -3.78. The largest absolute Gasteiger partial charge is 0.289 e. The molecule has 4 aromatic rings. The Morgan fingerprint density at radius 3 is 1.69 bits per heavy atom. The van der Waals surface area contributed by atoms with Crippen LogP contribution in [-0.4, -0.2) is 11.6 Å². The van der Waals surface area contributed by atoms with Crippen LogP contribution < -0.4 is 0 Å². The lowest BCUT2D eigenvalue weighted by Gasteiger charge is -2.26. The molecule has 0 aromatic heterocycles. The molecule has 5 rings (SSSR count). The molecule has 156 valence electrons. The van der Waals surface area contributed by atoms with Crippen LogP contribution in [0.4, 0.5) is 0 Å². The second-order valence-electron chi connectivity index (χ2n) is 8.25. The predicted octanol–water partition coefficient (Wildman–Crippen LogP) is 7.14. The first kappa shape index (κ1) is 20.1. The molecule has 0 atom stereocenters. The number of rotatable bonds is 5. The van der Waals surface area contributed by atoms with Gasteiger partial charge in [0.05, 0.1) is 0 Å². The van der Waals surface area contributed by atoms with E-state index >= 15 is 0 Å². The molecule has 0 amide bonds. The summed E-state index contributed by atoms with van der Waals surface area (Å²) in [5, 5.41) is 0. The van der Waals surface area contributed by atoms with Gasteiger partial charge in [-0.15, -0.1) is 0 Å². The van der Waals surface area contributed by atoms with Gasteiger partial charge in [-0.2, -0.15) is 0 Å². The maximum absolute atomic E-state index is 13.9. The van der Waals surface area contributed by atoms with Crippen molar-refractivity contribution in [3.8, 4) is 22.3 Å². The van der Waals surface area contributed by atoms with Crippen molar-refractivity contribution in [2.24, 2.45) is 0 Å². The second-order valence-corrected chi connectivity index (χ2v) is 8.25. The van der Waals surface area contributed by atoms with Crippen LogP contribution in [0.25, 0.3) is 22.3 Å². The van der Waals surface area contributed by atoms with Crippen LogP contribution in [0.15, 0.2) is 91.0 Å². The monoisotopic (exact) mass is 416 g/mol. The van der Waals surface area contributed by atoms with Gasteiger partial charge < -0.3 is 0 Å². The number of carbonyl (C=O) groups is 2. The van der Waals surface area contributed by atoms with Gasteiger partial charge in [0, 0.05) is 22.3 Å². The zero-order valence-electron chi connectivity index (χ0n) is 18.1. The summed E-state index contributed by atoms with van der Waals surface area (Å²) in [6.45, 7) is 2.17. The Kier molecular flexibility index (Phi) is 5.28. The van der Waals surface area contributed by atoms with Gasteiger partial charge >= 0.3 is 0 Å². The standard InChI is InChI=1S/C30H24O2/c1-2-3-12-22-19-25(20-13-6-4-7-14-20)27-28(26(22)21-15-8-5-9-16-21)30(32)24-18-11-10-17-23(24)29(27)31/h4-11,13-19H,2-3,12H2,1H3. The highest BCUT2D eigenvalue weighted by Gasteiger charge is 2.35. The fraction of sp³-hybridized carbons (Fsp3) is 0.133. The SMILES string of the molecule is CCCCc1cc(-c2ccccc2)c2c(c1-c1ccccc1)C(=O)c1ccccc1C2=O. The minimum Gasteiger partial charge on any atom is -0.289 e. The molecule has 2 nitrogen and oxygen atoms in total. The van der Waals surface area contributed by atoms with Crippen LogP contribution in [0, 0.1) is 0 Å². The van der Waals surface area contributed by atoms with Crippen LogP contribution in [0.2, 0.25) is 0 Å². The van der Waals surface area contributed by atoms with E-state index in [2.05, 4.69) is 13.0 Å². The molecule has 32 heavy (non-hydrogen) atoms. The lowest BCUT2D eigenvalue weighted by molar-refractivity contribution is 0.0980. The Bertz CT molecular complexity index is 1320. The van der Waals surface area contributed by atoms with E-state index in [4.69, 9.17) is 0 Å². The van der Waals surface area contributed by atoms with Crippen molar-refractivity contribution in [2.45, 2.75) is 26.2 Å². The van der Waals surface area contributed by atoms with Crippen molar-refractivity contribution < 1.29 is 9.59 Å². The Balaban J connectivity index is 1.90. The fourth-order valence-corrected chi connectivity index (χ4v) is 4.69. The minimum absolute atomic E-state index is 0.0652. The van der Waals surface area contributed by atoms with Gasteiger partial charge in [0.15, 0.2) is 11.6 Å². The maximum Gasteiger partial charge on any atom is 0.195 e. The molecule has 0 saturated heterocycles. The van der Waals surface area contributed by atoms with Crippen molar-refractivity contribution in [2.75, 3.05) is 0 Å². The number of unbranched alkanes of at least 4 members (excludes halogenated alkanes) is 1. The molecule has 2 heteroatoms. The molecule has 0 bridgehead atoms. The topological polar surface area (TPSA) is 34.1 Å². The van der Waals surface area contributed by atoms with Crippen LogP contribution >= 0.6 is 0 Å². The first-order valence-electron chi connectivity index (χ1n) is 11.2. The van der Waals surface area contributed by atoms with Crippen molar-refractivity contribution >= 4 is 11.6 Å². The molecular weight excluding hydrogens is 392 g/mol. The minimum atomic E-state index is -0.0757. The van der Waals surface area contributed by atoms with E-state index < -0.39 is 0 Å². The number of aryl methyl sites for hydroxylation is 1. The highest BCUT2D eigenvalue weighted by atomic mass is 16.1. The van der Waals surface area contributed by atoms with E-state index in [9.17, 15) is 9.59 Å². The average Bonchev–Trinajstić information content (AvgIpc) is 2.86. The van der Waals surface area contributed by atoms with Gasteiger partial charge in [0.1, 0.15) is 0 Å². The summed E-state index contributed by atoms with van der Waals surface area (Å²) in [5.74, 6) is -0.141. The highest BCUT2D eigenvalue weighted by Crippen LogP contribution is 2.42. The molecule has 1 aliphatic carbocycles. The van der Waals surface area contributed by atoms with E-state index in [0.29, 0.717) is 22.3 Å². The summed E-state index contributed by atoms with van der Waals surface area (Å²) in [4.78, 5) is 27.7.